The average molecular weight is 654 g/mol. The van der Waals surface area contributed by atoms with E-state index in [0.29, 0.717) is 5.82 Å². The molecule has 3 rings (SSSR count). The fraction of sp³-hybridized carbons (Fsp3) is 0.556. The van der Waals surface area contributed by atoms with Crippen LogP contribution in [0.1, 0.15) is 69.6 Å². The third-order valence-corrected chi connectivity index (χ3v) is 6.55. The Balaban J connectivity index is 0.000000601. The fourth-order valence-electron chi connectivity index (χ4n) is 3.73. The Labute approximate surface area is 254 Å². The highest BCUT2D eigenvalue weighted by Gasteiger charge is 2.39. The number of nitrogens with zero attached hydrogens (tertiary/aromatic N) is 3. The zero-order chi connectivity index (χ0) is 34.9. The maximum atomic E-state index is 12.9. The van der Waals surface area contributed by atoms with E-state index in [9.17, 15) is 31.1 Å². The monoisotopic (exact) mass is 653 g/mol. The number of aliphatic imine (C=N–C) groups is 1. The molecule has 1 fully saturated rings. The third-order valence-electron chi connectivity index (χ3n) is 6.55. The molecule has 1 saturated carbocycles. The molecule has 0 bridgehead atoms. The Morgan fingerprint density at radius 1 is 0.956 bits per heavy atom. The molecule has 12 nitrogen and oxygen atoms in total. The molecule has 8 N–H and O–H groups in total. The first-order chi connectivity index (χ1) is 20.4. The van der Waals surface area contributed by atoms with Crippen molar-refractivity contribution in [3.63, 3.8) is 0 Å². The quantitative estimate of drug-likeness (QED) is 0.153. The van der Waals surface area contributed by atoms with Gasteiger partial charge in [0.05, 0.1) is 17.6 Å². The molecule has 0 radical (unpaired) electrons. The minimum atomic E-state index is -5.08. The lowest BCUT2D eigenvalue weighted by Crippen LogP contribution is -2.42. The molecule has 0 saturated heterocycles. The second-order valence-corrected chi connectivity index (χ2v) is 11.2. The number of amides is 1. The second kappa shape index (κ2) is 15.6. The predicted octanol–water partition coefficient (Wildman–Crippen LogP) is 4.37. The number of alkyl halides is 6. The number of aromatic nitrogens is 2. The predicted molar refractivity (Wildman–Crippen MR) is 154 cm³/mol. The SMILES string of the molecule is Cc1ccc2nc(C(=O)NC(C)C(C)(C)C)nc(NC3CCCCC3N=C(N)N)c2c1.O=C(O)C(F)(F)F.O=C(O)C(F)(F)F. The first-order valence-corrected chi connectivity index (χ1v) is 13.5. The van der Waals surface area contributed by atoms with E-state index in [1.807, 2.05) is 32.0 Å². The summed E-state index contributed by atoms with van der Waals surface area (Å²) < 4.78 is 63.5. The maximum absolute atomic E-state index is 12.9. The molecule has 2 aromatic rings. The van der Waals surface area contributed by atoms with Crippen molar-refractivity contribution in [2.75, 3.05) is 5.32 Å². The van der Waals surface area contributed by atoms with Gasteiger partial charge in [0.1, 0.15) is 5.82 Å². The number of nitrogens with two attached hydrogens (primary N) is 2. The molecule has 0 aliphatic heterocycles. The van der Waals surface area contributed by atoms with E-state index in [0.717, 1.165) is 42.1 Å². The summed E-state index contributed by atoms with van der Waals surface area (Å²) in [6.07, 6.45) is -6.15. The van der Waals surface area contributed by atoms with Gasteiger partial charge in [0.25, 0.3) is 5.91 Å². The normalized spacial score (nSPS) is 17.4. The molecule has 18 heteroatoms. The van der Waals surface area contributed by atoms with Gasteiger partial charge in [-0.05, 0) is 44.2 Å². The average Bonchev–Trinajstić information content (AvgIpc) is 2.88. The highest BCUT2D eigenvalue weighted by molar-refractivity contribution is 5.96. The summed E-state index contributed by atoms with van der Waals surface area (Å²) in [5.74, 6) is -4.90. The molecule has 1 aromatic carbocycles. The van der Waals surface area contributed by atoms with Crippen molar-refractivity contribution >= 4 is 40.5 Å². The van der Waals surface area contributed by atoms with Gasteiger partial charge in [0, 0.05) is 11.4 Å². The largest absolute Gasteiger partial charge is 0.490 e. The van der Waals surface area contributed by atoms with Crippen molar-refractivity contribution < 1.29 is 50.9 Å². The molecular weight excluding hydrogens is 616 g/mol. The van der Waals surface area contributed by atoms with Gasteiger partial charge in [-0.25, -0.2) is 24.5 Å². The third kappa shape index (κ3) is 13.0. The van der Waals surface area contributed by atoms with Gasteiger partial charge >= 0.3 is 24.3 Å². The lowest BCUT2D eigenvalue weighted by Gasteiger charge is -2.30. The van der Waals surface area contributed by atoms with E-state index in [-0.39, 0.29) is 41.2 Å². The number of anilines is 1. The van der Waals surface area contributed by atoms with Crippen molar-refractivity contribution in [3.05, 3.63) is 29.6 Å². The van der Waals surface area contributed by atoms with Crippen molar-refractivity contribution in [2.24, 2.45) is 21.9 Å². The topological polar surface area (TPSA) is 206 Å². The van der Waals surface area contributed by atoms with Crippen LogP contribution in [-0.4, -0.2) is 74.5 Å². The number of benzene rings is 1. The zero-order valence-corrected chi connectivity index (χ0v) is 25.2. The van der Waals surface area contributed by atoms with Crippen molar-refractivity contribution in [3.8, 4) is 0 Å². The lowest BCUT2D eigenvalue weighted by molar-refractivity contribution is -0.193. The number of aliphatic carboxylic acids is 2. The Bertz CT molecular complexity index is 1350. The lowest BCUT2D eigenvalue weighted by atomic mass is 9.88. The van der Waals surface area contributed by atoms with Gasteiger partial charge in [0.2, 0.25) is 5.82 Å². The number of halogens is 6. The van der Waals surface area contributed by atoms with Crippen LogP contribution in [0.3, 0.4) is 0 Å². The number of guanidine groups is 1. The number of rotatable bonds is 5. The number of carboxylic acids is 2. The van der Waals surface area contributed by atoms with Gasteiger partial charge in [-0.1, -0.05) is 45.2 Å². The number of aryl methyl sites for hydroxylation is 1. The number of carbonyl (C=O) groups excluding carboxylic acids is 1. The van der Waals surface area contributed by atoms with Gasteiger partial charge in [-0.2, -0.15) is 26.3 Å². The van der Waals surface area contributed by atoms with Crippen LogP contribution in [0.5, 0.6) is 0 Å². The van der Waals surface area contributed by atoms with E-state index >= 15 is 0 Å². The Morgan fingerprint density at radius 2 is 1.47 bits per heavy atom. The number of hydrogen-bond acceptors (Lipinski definition) is 7. The summed E-state index contributed by atoms with van der Waals surface area (Å²) in [4.78, 5) is 44.3. The summed E-state index contributed by atoms with van der Waals surface area (Å²) in [7, 11) is 0. The summed E-state index contributed by atoms with van der Waals surface area (Å²) in [5, 5.41) is 21.7. The van der Waals surface area contributed by atoms with Crippen LogP contribution < -0.4 is 22.1 Å². The maximum Gasteiger partial charge on any atom is 0.490 e. The molecule has 3 unspecified atom stereocenters. The van der Waals surface area contributed by atoms with E-state index in [1.165, 1.54) is 0 Å². The molecule has 1 aliphatic rings. The molecule has 1 amide bonds. The standard InChI is InChI=1S/C23H35N7O.2C2HF3O2/c1-13-10-11-16-15(12-13)19(28-17-8-6-7-9-18(17)29-22(24)25)30-20(27-16)21(31)26-14(2)23(3,4)5;2*3-2(4,5)1(6)7/h10-12,14,17-18H,6-9H2,1-5H3,(H,26,31)(H4,24,25,29)(H,27,28,30);2*(H,6,7). The number of fused-ring (bicyclic) bond motifs is 1. The number of carboxylic acid groups (broad SMARTS) is 2. The fourth-order valence-corrected chi connectivity index (χ4v) is 3.73. The van der Waals surface area contributed by atoms with Crippen LogP contribution in [0, 0.1) is 12.3 Å². The number of nitrogens with one attached hydrogen (secondary N) is 2. The van der Waals surface area contributed by atoms with Gasteiger partial charge in [0.15, 0.2) is 5.96 Å². The highest BCUT2D eigenvalue weighted by Crippen LogP contribution is 2.28. The summed E-state index contributed by atoms with van der Waals surface area (Å²) >= 11 is 0. The van der Waals surface area contributed by atoms with Crippen molar-refractivity contribution in [1.82, 2.24) is 15.3 Å². The minimum absolute atomic E-state index is 0.0215. The van der Waals surface area contributed by atoms with E-state index < -0.39 is 24.3 Å². The van der Waals surface area contributed by atoms with Crippen LogP contribution in [0.2, 0.25) is 0 Å². The van der Waals surface area contributed by atoms with Crippen molar-refractivity contribution in [1.29, 1.82) is 0 Å². The highest BCUT2D eigenvalue weighted by atomic mass is 19.4. The van der Waals surface area contributed by atoms with E-state index in [1.54, 1.807) is 0 Å². The first-order valence-electron chi connectivity index (χ1n) is 13.5. The molecule has 1 aliphatic carbocycles. The van der Waals surface area contributed by atoms with Gasteiger partial charge < -0.3 is 32.3 Å². The molecule has 1 heterocycles. The van der Waals surface area contributed by atoms with Crippen LogP contribution in [0.25, 0.3) is 10.9 Å². The van der Waals surface area contributed by atoms with Gasteiger partial charge in [-0.3, -0.25) is 4.79 Å². The molecule has 0 spiro atoms. The van der Waals surface area contributed by atoms with Gasteiger partial charge in [-0.15, -0.1) is 0 Å². The van der Waals surface area contributed by atoms with Crippen LogP contribution in [0.15, 0.2) is 23.2 Å². The summed E-state index contributed by atoms with van der Waals surface area (Å²) in [6, 6.07) is 5.94. The number of carbonyl (C=O) groups is 3. The summed E-state index contributed by atoms with van der Waals surface area (Å²) in [5.41, 5.74) is 13.1. The molecular formula is C27H37F6N7O5. The zero-order valence-electron chi connectivity index (χ0n) is 25.2. The molecule has 3 atom stereocenters. The number of hydrogen-bond donors (Lipinski definition) is 6. The van der Waals surface area contributed by atoms with E-state index in [4.69, 9.17) is 31.3 Å². The first kappa shape index (κ1) is 38.6. The smallest absolute Gasteiger partial charge is 0.475 e. The van der Waals surface area contributed by atoms with Crippen LogP contribution >= 0.6 is 0 Å². The Morgan fingerprint density at radius 3 is 1.93 bits per heavy atom. The van der Waals surface area contributed by atoms with Crippen LogP contribution in [0.4, 0.5) is 32.2 Å². The van der Waals surface area contributed by atoms with Crippen LogP contribution in [-0.2, 0) is 9.59 Å². The molecule has 1 aromatic heterocycles. The Hall–Kier alpha value is -4.38. The molecule has 45 heavy (non-hydrogen) atoms. The Kier molecular flexibility index (Phi) is 13.4. The minimum Gasteiger partial charge on any atom is -0.475 e. The summed E-state index contributed by atoms with van der Waals surface area (Å²) in [6.45, 7) is 10.3. The molecule has 252 valence electrons. The van der Waals surface area contributed by atoms with Crippen molar-refractivity contribution in [2.45, 2.75) is 90.8 Å². The second-order valence-electron chi connectivity index (χ2n) is 11.2. The van der Waals surface area contributed by atoms with E-state index in [2.05, 4.69) is 46.4 Å².